The molecule has 2 atom stereocenters. The monoisotopic (exact) mass is 537 g/mol. The number of sulfone groups is 1. The van der Waals surface area contributed by atoms with Crippen LogP contribution in [-0.4, -0.2) is 31.9 Å². The van der Waals surface area contributed by atoms with Gasteiger partial charge in [0.2, 0.25) is 0 Å². The lowest BCUT2D eigenvalue weighted by Crippen LogP contribution is -2.11. The molecule has 0 aliphatic heterocycles. The number of fused-ring (bicyclic) bond motifs is 2. The van der Waals surface area contributed by atoms with Crippen molar-refractivity contribution in [2.75, 3.05) is 12.4 Å². The van der Waals surface area contributed by atoms with Crippen LogP contribution in [0, 0.1) is 0 Å². The topological polar surface area (TPSA) is 74.7 Å². The Morgan fingerprint density at radius 1 is 1.00 bits per heavy atom. The van der Waals surface area contributed by atoms with Crippen LogP contribution in [0.3, 0.4) is 0 Å². The molecule has 0 N–H and O–H groups in total. The Kier molecular flexibility index (Phi) is 10.1. The first-order valence-electron chi connectivity index (χ1n) is 12.4. The Labute approximate surface area is 214 Å². The van der Waals surface area contributed by atoms with Crippen molar-refractivity contribution in [3.8, 4) is 5.75 Å². The van der Waals surface area contributed by atoms with Gasteiger partial charge < -0.3 is 4.52 Å². The molecule has 0 aliphatic carbocycles. The molecule has 0 bridgehead atoms. The van der Waals surface area contributed by atoms with E-state index >= 15 is 0 Å². The van der Waals surface area contributed by atoms with Gasteiger partial charge in [-0.2, -0.15) is 0 Å². The fourth-order valence-corrected chi connectivity index (χ4v) is 7.66. The summed E-state index contributed by atoms with van der Waals surface area (Å²) in [4.78, 5) is 5.05. The van der Waals surface area contributed by atoms with E-state index < -0.39 is 16.6 Å². The minimum Gasteiger partial charge on any atom is -0.423 e. The maximum absolute atomic E-state index is 12.8. The molecule has 1 aromatic heterocycles. The average Bonchev–Trinajstić information content (AvgIpc) is 2.81. The van der Waals surface area contributed by atoms with Crippen LogP contribution < -0.4 is 4.52 Å². The standard InChI is InChI=1S/C26H36NO5PS2/c1-5-8-10-17-35(28,29)22-16-15-21-18-23-24(27-25(21)19-22)13-11-14-26(23)32-33(34,30-7-3)31-20(4)12-9-6-2/h11,13-16,18-20H,5-10,12,17H2,1-4H3. The minimum absolute atomic E-state index is 0.0704. The number of pyridine rings is 1. The van der Waals surface area contributed by atoms with E-state index in [-0.39, 0.29) is 11.9 Å². The predicted octanol–water partition coefficient (Wildman–Crippen LogP) is 7.59. The Hall–Kier alpha value is -1.57. The van der Waals surface area contributed by atoms with Gasteiger partial charge in [-0.25, -0.2) is 13.4 Å². The van der Waals surface area contributed by atoms with Gasteiger partial charge in [0.25, 0.3) is 0 Å². The van der Waals surface area contributed by atoms with Crippen molar-refractivity contribution in [3.05, 3.63) is 42.5 Å². The van der Waals surface area contributed by atoms with E-state index in [1.807, 2.05) is 38.1 Å². The highest BCUT2D eigenvalue weighted by atomic mass is 32.5. The van der Waals surface area contributed by atoms with Crippen LogP contribution in [0.25, 0.3) is 21.8 Å². The second-order valence-corrected chi connectivity index (χ2v) is 13.7. The highest BCUT2D eigenvalue weighted by molar-refractivity contribution is 8.07. The van der Waals surface area contributed by atoms with E-state index in [9.17, 15) is 8.42 Å². The summed E-state index contributed by atoms with van der Waals surface area (Å²) in [7, 11) is -3.34. The molecule has 0 saturated heterocycles. The zero-order chi connectivity index (χ0) is 25.5. The minimum atomic E-state index is -3.34. The third-order valence-corrected chi connectivity index (χ3v) is 9.94. The van der Waals surface area contributed by atoms with Gasteiger partial charge in [-0.15, -0.1) is 0 Å². The lowest BCUT2D eigenvalue weighted by molar-refractivity contribution is 0.152. The molecule has 6 nitrogen and oxygen atoms in total. The lowest BCUT2D eigenvalue weighted by Gasteiger charge is -2.25. The van der Waals surface area contributed by atoms with Crippen molar-refractivity contribution in [1.29, 1.82) is 0 Å². The highest BCUT2D eigenvalue weighted by Crippen LogP contribution is 2.52. The molecular formula is C26H36NO5PS2. The molecule has 192 valence electrons. The smallest absolute Gasteiger partial charge is 0.380 e. The quantitative estimate of drug-likeness (QED) is 0.119. The molecule has 0 amide bonds. The van der Waals surface area contributed by atoms with Crippen molar-refractivity contribution in [2.45, 2.75) is 77.2 Å². The van der Waals surface area contributed by atoms with Gasteiger partial charge in [-0.3, -0.25) is 9.05 Å². The summed E-state index contributed by atoms with van der Waals surface area (Å²) >= 11 is 5.73. The Morgan fingerprint density at radius 2 is 1.77 bits per heavy atom. The first-order chi connectivity index (χ1) is 16.7. The van der Waals surface area contributed by atoms with Gasteiger partial charge in [0, 0.05) is 22.6 Å². The zero-order valence-corrected chi connectivity index (χ0v) is 23.6. The van der Waals surface area contributed by atoms with Crippen LogP contribution in [0.15, 0.2) is 47.4 Å². The molecule has 1 heterocycles. The van der Waals surface area contributed by atoms with E-state index in [1.165, 1.54) is 0 Å². The fraction of sp³-hybridized carbons (Fsp3) is 0.500. The van der Waals surface area contributed by atoms with Crippen LogP contribution in [0.4, 0.5) is 0 Å². The molecule has 0 radical (unpaired) electrons. The van der Waals surface area contributed by atoms with Crippen molar-refractivity contribution < 1.29 is 22.0 Å². The SMILES string of the molecule is CCCCCS(=O)(=O)c1ccc2cc3c(OP(=S)(OCC)OC(C)CCCC)cccc3nc2c1. The maximum atomic E-state index is 12.8. The Morgan fingerprint density at radius 3 is 2.49 bits per heavy atom. The van der Waals surface area contributed by atoms with Crippen molar-refractivity contribution in [2.24, 2.45) is 0 Å². The second-order valence-electron chi connectivity index (χ2n) is 8.71. The van der Waals surface area contributed by atoms with E-state index in [2.05, 4.69) is 13.8 Å². The molecule has 3 rings (SSSR count). The van der Waals surface area contributed by atoms with Gasteiger partial charge in [-0.05, 0) is 57.0 Å². The summed E-state index contributed by atoms with van der Waals surface area (Å²) in [6.07, 6.45) is 5.47. The van der Waals surface area contributed by atoms with E-state index in [4.69, 9.17) is 30.4 Å². The number of unbranched alkanes of at least 4 members (excludes halogenated alkanes) is 3. The molecule has 0 saturated carbocycles. The Bertz CT molecular complexity index is 1300. The van der Waals surface area contributed by atoms with Gasteiger partial charge in [-0.1, -0.05) is 51.7 Å². The summed E-state index contributed by atoms with van der Waals surface area (Å²) in [5.41, 5.74) is 1.31. The molecule has 0 spiro atoms. The fourth-order valence-electron chi connectivity index (χ4n) is 3.86. The van der Waals surface area contributed by atoms with Crippen molar-refractivity contribution in [1.82, 2.24) is 4.98 Å². The number of hydrogen-bond donors (Lipinski definition) is 0. The number of nitrogens with zero attached hydrogens (tertiary/aromatic N) is 1. The molecule has 0 fully saturated rings. The van der Waals surface area contributed by atoms with Crippen LogP contribution in [0.5, 0.6) is 5.75 Å². The zero-order valence-electron chi connectivity index (χ0n) is 21.0. The number of aromatic nitrogens is 1. The summed E-state index contributed by atoms with van der Waals surface area (Å²) in [6, 6.07) is 12.6. The summed E-state index contributed by atoms with van der Waals surface area (Å²) in [5.74, 6) is 0.698. The largest absolute Gasteiger partial charge is 0.423 e. The summed E-state index contributed by atoms with van der Waals surface area (Å²) < 4.78 is 43.7. The van der Waals surface area contributed by atoms with E-state index in [1.54, 1.807) is 18.2 Å². The predicted molar refractivity (Wildman–Crippen MR) is 147 cm³/mol. The molecule has 9 heteroatoms. The normalized spacial score (nSPS) is 14.7. The van der Waals surface area contributed by atoms with E-state index in [0.717, 1.165) is 42.9 Å². The first-order valence-corrected chi connectivity index (χ1v) is 16.6. The number of benzene rings is 2. The van der Waals surface area contributed by atoms with Crippen LogP contribution in [0.1, 0.15) is 66.2 Å². The van der Waals surface area contributed by atoms with Crippen LogP contribution >= 0.6 is 6.72 Å². The molecule has 0 aliphatic rings. The third-order valence-electron chi connectivity index (χ3n) is 5.73. The first kappa shape index (κ1) is 28.0. The van der Waals surface area contributed by atoms with Crippen molar-refractivity contribution in [3.63, 3.8) is 0 Å². The van der Waals surface area contributed by atoms with Crippen LogP contribution in [0.2, 0.25) is 0 Å². The Balaban J connectivity index is 1.94. The summed E-state index contributed by atoms with van der Waals surface area (Å²) in [5, 5.41) is 1.60. The van der Waals surface area contributed by atoms with Crippen LogP contribution in [-0.2, 0) is 30.7 Å². The molecular weight excluding hydrogens is 501 g/mol. The molecule has 2 aromatic carbocycles. The molecule has 3 aromatic rings. The molecule has 35 heavy (non-hydrogen) atoms. The van der Waals surface area contributed by atoms with Gasteiger partial charge in [0.05, 0.1) is 34.4 Å². The third kappa shape index (κ3) is 7.46. The van der Waals surface area contributed by atoms with Gasteiger partial charge >= 0.3 is 6.72 Å². The number of rotatable bonds is 14. The second kappa shape index (κ2) is 12.6. The summed E-state index contributed by atoms with van der Waals surface area (Å²) in [6.45, 7) is 5.43. The van der Waals surface area contributed by atoms with Gasteiger partial charge in [0.1, 0.15) is 5.75 Å². The highest BCUT2D eigenvalue weighted by Gasteiger charge is 2.26. The lowest BCUT2D eigenvalue weighted by atomic mass is 10.1. The average molecular weight is 538 g/mol. The van der Waals surface area contributed by atoms with Crippen molar-refractivity contribution >= 4 is 50.2 Å². The number of hydrogen-bond acceptors (Lipinski definition) is 7. The molecule has 2 unspecified atom stereocenters. The van der Waals surface area contributed by atoms with Gasteiger partial charge in [0.15, 0.2) is 9.84 Å². The van der Waals surface area contributed by atoms with E-state index in [0.29, 0.717) is 34.7 Å². The maximum Gasteiger partial charge on any atom is 0.380 e.